The molecule has 3 nitrogen and oxygen atoms in total. The van der Waals surface area contributed by atoms with E-state index < -0.39 is 0 Å². The molecule has 0 aliphatic heterocycles. The maximum absolute atomic E-state index is 12.3. The largest absolute Gasteiger partial charge is 0.495 e. The van der Waals surface area contributed by atoms with Crippen LogP contribution in [-0.4, -0.2) is 12.9 Å². The van der Waals surface area contributed by atoms with Crippen LogP contribution in [0.5, 0.6) is 5.75 Å². The van der Waals surface area contributed by atoms with Crippen LogP contribution in [0.25, 0.3) is 0 Å². The second kappa shape index (κ2) is 5.51. The van der Waals surface area contributed by atoms with E-state index in [4.69, 9.17) is 33.7 Å². The molecule has 0 heterocycles. The van der Waals surface area contributed by atoms with Crippen LogP contribution in [-0.2, 0) is 0 Å². The lowest BCUT2D eigenvalue weighted by molar-refractivity contribution is 0.103. The molecular formula is C14H11Cl2NO2. The molecule has 0 amide bonds. The van der Waals surface area contributed by atoms with Crippen molar-refractivity contribution in [2.45, 2.75) is 0 Å². The van der Waals surface area contributed by atoms with Gasteiger partial charge in [-0.3, -0.25) is 4.79 Å². The molecule has 0 fully saturated rings. The molecule has 0 bridgehead atoms. The zero-order valence-corrected chi connectivity index (χ0v) is 11.6. The molecule has 0 aromatic heterocycles. The number of benzene rings is 2. The lowest BCUT2D eigenvalue weighted by Gasteiger charge is -2.08. The quantitative estimate of drug-likeness (QED) is 0.692. The summed E-state index contributed by atoms with van der Waals surface area (Å²) in [7, 11) is 1.51. The normalized spacial score (nSPS) is 10.3. The monoisotopic (exact) mass is 295 g/mol. The van der Waals surface area contributed by atoms with Crippen molar-refractivity contribution in [2.24, 2.45) is 0 Å². The molecule has 5 heteroatoms. The average molecular weight is 296 g/mol. The Hall–Kier alpha value is -1.71. The van der Waals surface area contributed by atoms with Gasteiger partial charge in [-0.15, -0.1) is 0 Å². The number of ketones is 1. The Morgan fingerprint density at radius 3 is 2.53 bits per heavy atom. The van der Waals surface area contributed by atoms with Crippen molar-refractivity contribution in [3.63, 3.8) is 0 Å². The van der Waals surface area contributed by atoms with Crippen LogP contribution < -0.4 is 10.5 Å². The SMILES string of the molecule is COc1ccc(C(=O)c2cc(Cl)ccc2N)cc1Cl. The Morgan fingerprint density at radius 1 is 1.16 bits per heavy atom. The number of hydrogen-bond acceptors (Lipinski definition) is 3. The first-order valence-corrected chi connectivity index (χ1v) is 6.22. The number of nitrogen functional groups attached to an aromatic ring is 1. The van der Waals surface area contributed by atoms with Gasteiger partial charge in [0, 0.05) is 21.8 Å². The van der Waals surface area contributed by atoms with Gasteiger partial charge in [-0.1, -0.05) is 23.2 Å². The number of nitrogens with two attached hydrogens (primary N) is 1. The predicted molar refractivity (Wildman–Crippen MR) is 77.3 cm³/mol. The topological polar surface area (TPSA) is 52.3 Å². The molecular weight excluding hydrogens is 285 g/mol. The summed E-state index contributed by atoms with van der Waals surface area (Å²) in [5.41, 5.74) is 6.95. The molecule has 0 radical (unpaired) electrons. The Kier molecular flexibility index (Phi) is 3.98. The Morgan fingerprint density at radius 2 is 1.89 bits per heavy atom. The fraction of sp³-hybridized carbons (Fsp3) is 0.0714. The molecule has 0 unspecified atom stereocenters. The number of rotatable bonds is 3. The third kappa shape index (κ3) is 2.83. The molecule has 2 N–H and O–H groups in total. The number of carbonyl (C=O) groups excluding carboxylic acids is 1. The van der Waals surface area contributed by atoms with Crippen LogP contribution in [0.3, 0.4) is 0 Å². The summed E-state index contributed by atoms with van der Waals surface area (Å²) < 4.78 is 5.04. The summed E-state index contributed by atoms with van der Waals surface area (Å²) in [6.07, 6.45) is 0. The summed E-state index contributed by atoms with van der Waals surface area (Å²) in [4.78, 5) is 12.3. The van der Waals surface area contributed by atoms with E-state index in [-0.39, 0.29) is 5.78 Å². The van der Waals surface area contributed by atoms with Gasteiger partial charge in [0.2, 0.25) is 0 Å². The molecule has 0 atom stereocenters. The van der Waals surface area contributed by atoms with E-state index in [2.05, 4.69) is 0 Å². The second-order valence-electron chi connectivity index (χ2n) is 3.91. The van der Waals surface area contributed by atoms with Crippen molar-refractivity contribution in [3.05, 3.63) is 57.6 Å². The van der Waals surface area contributed by atoms with Gasteiger partial charge in [-0.2, -0.15) is 0 Å². The minimum atomic E-state index is -0.232. The van der Waals surface area contributed by atoms with E-state index in [1.54, 1.807) is 30.3 Å². The Bertz CT molecular complexity index is 641. The van der Waals surface area contributed by atoms with Gasteiger partial charge in [0.1, 0.15) is 5.75 Å². The highest BCUT2D eigenvalue weighted by Crippen LogP contribution is 2.27. The molecule has 2 aromatic rings. The van der Waals surface area contributed by atoms with Gasteiger partial charge in [-0.05, 0) is 36.4 Å². The maximum Gasteiger partial charge on any atom is 0.195 e. The molecule has 2 rings (SSSR count). The van der Waals surface area contributed by atoms with Crippen molar-refractivity contribution in [3.8, 4) is 5.75 Å². The third-order valence-electron chi connectivity index (χ3n) is 2.67. The van der Waals surface area contributed by atoms with E-state index >= 15 is 0 Å². The van der Waals surface area contributed by atoms with Crippen molar-refractivity contribution in [1.29, 1.82) is 0 Å². The highest BCUT2D eigenvalue weighted by molar-refractivity contribution is 6.33. The molecule has 19 heavy (non-hydrogen) atoms. The first-order chi connectivity index (χ1) is 9.02. The molecule has 2 aromatic carbocycles. The van der Waals surface area contributed by atoms with Gasteiger partial charge >= 0.3 is 0 Å². The minimum absolute atomic E-state index is 0.232. The summed E-state index contributed by atoms with van der Waals surface area (Å²) in [5.74, 6) is 0.279. The van der Waals surface area contributed by atoms with E-state index in [1.165, 1.54) is 13.2 Å². The molecule has 0 saturated carbocycles. The van der Waals surface area contributed by atoms with Gasteiger partial charge in [0.15, 0.2) is 5.78 Å². The summed E-state index contributed by atoms with van der Waals surface area (Å²) in [6, 6.07) is 9.58. The van der Waals surface area contributed by atoms with Gasteiger partial charge < -0.3 is 10.5 Å². The number of hydrogen-bond donors (Lipinski definition) is 1. The standard InChI is InChI=1S/C14H11Cl2NO2/c1-19-13-5-2-8(6-11(13)16)14(18)10-7-9(15)3-4-12(10)17/h2-7H,17H2,1H3. The van der Waals surface area contributed by atoms with Crippen LogP contribution in [0.2, 0.25) is 10.0 Å². The van der Waals surface area contributed by atoms with Gasteiger partial charge in [-0.25, -0.2) is 0 Å². The van der Waals surface area contributed by atoms with Gasteiger partial charge in [0.25, 0.3) is 0 Å². The molecule has 0 spiro atoms. The van der Waals surface area contributed by atoms with Crippen LogP contribution in [0.15, 0.2) is 36.4 Å². The first-order valence-electron chi connectivity index (χ1n) is 5.46. The zero-order chi connectivity index (χ0) is 14.0. The van der Waals surface area contributed by atoms with Crippen molar-refractivity contribution in [1.82, 2.24) is 0 Å². The second-order valence-corrected chi connectivity index (χ2v) is 4.75. The fourth-order valence-electron chi connectivity index (χ4n) is 1.69. The van der Waals surface area contributed by atoms with Crippen molar-refractivity contribution >= 4 is 34.7 Å². The molecule has 0 aliphatic carbocycles. The highest BCUT2D eigenvalue weighted by Gasteiger charge is 2.14. The summed E-state index contributed by atoms with van der Waals surface area (Å²) in [6.45, 7) is 0. The summed E-state index contributed by atoms with van der Waals surface area (Å²) >= 11 is 11.9. The first kappa shape index (κ1) is 13.7. The number of ether oxygens (including phenoxy) is 1. The van der Waals surface area contributed by atoms with Crippen LogP contribution in [0, 0.1) is 0 Å². The average Bonchev–Trinajstić information content (AvgIpc) is 2.40. The minimum Gasteiger partial charge on any atom is -0.495 e. The van der Waals surface area contributed by atoms with E-state index in [1.807, 2.05) is 0 Å². The van der Waals surface area contributed by atoms with E-state index in [0.29, 0.717) is 32.6 Å². The highest BCUT2D eigenvalue weighted by atomic mass is 35.5. The van der Waals surface area contributed by atoms with E-state index in [0.717, 1.165) is 0 Å². The van der Waals surface area contributed by atoms with Crippen molar-refractivity contribution < 1.29 is 9.53 Å². The summed E-state index contributed by atoms with van der Waals surface area (Å²) in [5, 5.41) is 0.825. The predicted octanol–water partition coefficient (Wildman–Crippen LogP) is 3.82. The van der Waals surface area contributed by atoms with Crippen LogP contribution >= 0.6 is 23.2 Å². The molecule has 0 saturated heterocycles. The van der Waals surface area contributed by atoms with Crippen LogP contribution in [0.4, 0.5) is 5.69 Å². The number of carbonyl (C=O) groups is 1. The lowest BCUT2D eigenvalue weighted by atomic mass is 10.0. The fourth-order valence-corrected chi connectivity index (χ4v) is 2.12. The maximum atomic E-state index is 12.3. The van der Waals surface area contributed by atoms with Crippen molar-refractivity contribution in [2.75, 3.05) is 12.8 Å². The molecule has 0 aliphatic rings. The number of methoxy groups -OCH3 is 1. The Labute approximate surface area is 120 Å². The number of anilines is 1. The lowest BCUT2D eigenvalue weighted by Crippen LogP contribution is -2.05. The smallest absolute Gasteiger partial charge is 0.195 e. The molecule has 98 valence electrons. The number of halogens is 2. The van der Waals surface area contributed by atoms with Gasteiger partial charge in [0.05, 0.1) is 12.1 Å². The Balaban J connectivity index is 2.44. The zero-order valence-electron chi connectivity index (χ0n) is 10.1. The van der Waals surface area contributed by atoms with Crippen LogP contribution in [0.1, 0.15) is 15.9 Å². The third-order valence-corrected chi connectivity index (χ3v) is 3.20. The van der Waals surface area contributed by atoms with E-state index in [9.17, 15) is 4.79 Å².